The van der Waals surface area contributed by atoms with E-state index in [1.54, 1.807) is 17.9 Å². The Morgan fingerprint density at radius 1 is 1.10 bits per heavy atom. The molecule has 1 aliphatic heterocycles. The van der Waals surface area contributed by atoms with Crippen LogP contribution in [0.4, 0.5) is 0 Å². The SMILES string of the molecule is Cc1onc(-c2ccccc2Cl)c1C(=O)N1CCN(C(C#N)c2ccccc2)CC1. The maximum Gasteiger partial charge on any atom is 0.259 e. The number of hydrogen-bond donors (Lipinski definition) is 0. The number of hydrogen-bond acceptors (Lipinski definition) is 5. The zero-order valence-electron chi connectivity index (χ0n) is 16.6. The molecule has 1 amide bonds. The second-order valence-corrected chi connectivity index (χ2v) is 7.62. The Morgan fingerprint density at radius 2 is 1.77 bits per heavy atom. The van der Waals surface area contributed by atoms with Crippen LogP contribution in [-0.4, -0.2) is 47.0 Å². The molecule has 1 aliphatic rings. The largest absolute Gasteiger partial charge is 0.360 e. The highest BCUT2D eigenvalue weighted by Crippen LogP contribution is 2.32. The van der Waals surface area contributed by atoms with Crippen molar-refractivity contribution in [1.82, 2.24) is 15.0 Å². The molecule has 4 rings (SSSR count). The molecule has 1 aromatic heterocycles. The minimum absolute atomic E-state index is 0.128. The van der Waals surface area contributed by atoms with Crippen LogP contribution < -0.4 is 0 Å². The Labute approximate surface area is 180 Å². The van der Waals surface area contributed by atoms with Gasteiger partial charge in [-0.1, -0.05) is 65.3 Å². The lowest BCUT2D eigenvalue weighted by Gasteiger charge is -2.37. The van der Waals surface area contributed by atoms with E-state index >= 15 is 0 Å². The summed E-state index contributed by atoms with van der Waals surface area (Å²) in [6.07, 6.45) is 0. The maximum absolute atomic E-state index is 13.3. The molecule has 0 radical (unpaired) electrons. The number of aromatic nitrogens is 1. The van der Waals surface area contributed by atoms with E-state index in [-0.39, 0.29) is 11.9 Å². The van der Waals surface area contributed by atoms with Crippen molar-refractivity contribution in [3.05, 3.63) is 76.5 Å². The lowest BCUT2D eigenvalue weighted by molar-refractivity contribution is 0.0605. The lowest BCUT2D eigenvalue weighted by Crippen LogP contribution is -2.49. The number of piperazine rings is 1. The van der Waals surface area contributed by atoms with Gasteiger partial charge >= 0.3 is 0 Å². The summed E-state index contributed by atoms with van der Waals surface area (Å²) in [6, 6.07) is 19.1. The molecular formula is C23H21ClN4O2. The van der Waals surface area contributed by atoms with E-state index in [2.05, 4.69) is 16.1 Å². The van der Waals surface area contributed by atoms with Crippen molar-refractivity contribution in [2.24, 2.45) is 0 Å². The number of amides is 1. The molecule has 2 aromatic carbocycles. The molecule has 1 saturated heterocycles. The predicted molar refractivity (Wildman–Crippen MR) is 114 cm³/mol. The summed E-state index contributed by atoms with van der Waals surface area (Å²) in [6.45, 7) is 4.01. The fourth-order valence-corrected chi connectivity index (χ4v) is 4.03. The molecule has 7 heteroatoms. The van der Waals surface area contributed by atoms with Gasteiger partial charge in [-0.05, 0) is 18.6 Å². The molecule has 0 bridgehead atoms. The van der Waals surface area contributed by atoms with Crippen molar-refractivity contribution in [1.29, 1.82) is 5.26 Å². The zero-order valence-corrected chi connectivity index (χ0v) is 17.3. The van der Waals surface area contributed by atoms with E-state index in [0.29, 0.717) is 53.8 Å². The lowest BCUT2D eigenvalue weighted by atomic mass is 10.0. The van der Waals surface area contributed by atoms with Gasteiger partial charge in [0.2, 0.25) is 0 Å². The number of aryl methyl sites for hydroxylation is 1. The monoisotopic (exact) mass is 420 g/mol. The van der Waals surface area contributed by atoms with Crippen molar-refractivity contribution < 1.29 is 9.32 Å². The Balaban J connectivity index is 1.52. The smallest absolute Gasteiger partial charge is 0.259 e. The van der Waals surface area contributed by atoms with Crippen LogP contribution in [0.5, 0.6) is 0 Å². The number of halogens is 1. The van der Waals surface area contributed by atoms with Crippen molar-refractivity contribution in [3.8, 4) is 17.3 Å². The van der Waals surface area contributed by atoms with Gasteiger partial charge in [0.25, 0.3) is 5.91 Å². The molecular weight excluding hydrogens is 400 g/mol. The molecule has 0 saturated carbocycles. The maximum atomic E-state index is 13.3. The van der Waals surface area contributed by atoms with Crippen LogP contribution in [0.2, 0.25) is 5.02 Å². The van der Waals surface area contributed by atoms with Crippen molar-refractivity contribution in [3.63, 3.8) is 0 Å². The number of nitrogens with zero attached hydrogens (tertiary/aromatic N) is 4. The van der Waals surface area contributed by atoms with E-state index < -0.39 is 0 Å². The highest BCUT2D eigenvalue weighted by atomic mass is 35.5. The molecule has 0 aliphatic carbocycles. The molecule has 3 aromatic rings. The first-order valence-corrected chi connectivity index (χ1v) is 10.2. The molecule has 30 heavy (non-hydrogen) atoms. The Morgan fingerprint density at radius 3 is 2.43 bits per heavy atom. The van der Waals surface area contributed by atoms with Crippen molar-refractivity contribution in [2.75, 3.05) is 26.2 Å². The quantitative estimate of drug-likeness (QED) is 0.628. The van der Waals surface area contributed by atoms with Crippen LogP contribution in [0.25, 0.3) is 11.3 Å². The molecule has 2 heterocycles. The second-order valence-electron chi connectivity index (χ2n) is 7.21. The van der Waals surface area contributed by atoms with Crippen LogP contribution in [0.15, 0.2) is 59.1 Å². The normalized spacial score (nSPS) is 15.6. The van der Waals surface area contributed by atoms with Gasteiger partial charge < -0.3 is 9.42 Å². The minimum Gasteiger partial charge on any atom is -0.360 e. The molecule has 1 atom stereocenters. The van der Waals surface area contributed by atoms with Gasteiger partial charge in [-0.25, -0.2) is 0 Å². The molecule has 0 N–H and O–H groups in total. The standard InChI is InChI=1S/C23H21ClN4O2/c1-16-21(22(26-30-16)18-9-5-6-10-19(18)24)23(29)28-13-11-27(12-14-28)20(15-25)17-7-3-2-4-8-17/h2-10,20H,11-14H2,1H3. The van der Waals surface area contributed by atoms with Crippen molar-refractivity contribution in [2.45, 2.75) is 13.0 Å². The third-order valence-corrected chi connectivity index (χ3v) is 5.74. The zero-order chi connectivity index (χ0) is 21.1. The van der Waals surface area contributed by atoms with Gasteiger partial charge in [0.15, 0.2) is 0 Å². The summed E-state index contributed by atoms with van der Waals surface area (Å²) in [5, 5.41) is 14.3. The Kier molecular flexibility index (Phi) is 5.84. The van der Waals surface area contributed by atoms with Crippen LogP contribution in [0.1, 0.15) is 27.7 Å². The summed E-state index contributed by atoms with van der Waals surface area (Å²) < 4.78 is 5.34. The van der Waals surface area contributed by atoms with Gasteiger partial charge in [0.1, 0.15) is 23.1 Å². The average molecular weight is 421 g/mol. The van der Waals surface area contributed by atoms with Crippen LogP contribution >= 0.6 is 11.6 Å². The summed E-state index contributed by atoms with van der Waals surface area (Å²) in [5.41, 5.74) is 2.54. The van der Waals surface area contributed by atoms with Gasteiger partial charge in [-0.2, -0.15) is 5.26 Å². The summed E-state index contributed by atoms with van der Waals surface area (Å²) in [4.78, 5) is 17.2. The number of nitriles is 1. The third kappa shape index (κ3) is 3.82. The summed E-state index contributed by atoms with van der Waals surface area (Å²) in [5.74, 6) is 0.341. The molecule has 1 unspecified atom stereocenters. The van der Waals surface area contributed by atoms with Crippen molar-refractivity contribution >= 4 is 17.5 Å². The van der Waals surface area contributed by atoms with E-state index in [0.717, 1.165) is 5.56 Å². The van der Waals surface area contributed by atoms with Gasteiger partial charge in [0.05, 0.1) is 11.1 Å². The molecule has 1 fully saturated rings. The fraction of sp³-hybridized carbons (Fsp3) is 0.261. The Hall–Kier alpha value is -3.14. The Bertz CT molecular complexity index is 1080. The minimum atomic E-state index is -0.320. The number of carbonyl (C=O) groups is 1. The fourth-order valence-electron chi connectivity index (χ4n) is 3.80. The topological polar surface area (TPSA) is 73.4 Å². The highest BCUT2D eigenvalue weighted by molar-refractivity contribution is 6.33. The summed E-state index contributed by atoms with van der Waals surface area (Å²) >= 11 is 6.31. The first-order chi connectivity index (χ1) is 14.6. The third-order valence-electron chi connectivity index (χ3n) is 5.41. The van der Waals surface area contributed by atoms with Gasteiger partial charge in [-0.3, -0.25) is 9.69 Å². The summed E-state index contributed by atoms with van der Waals surface area (Å²) in [7, 11) is 0. The first-order valence-electron chi connectivity index (χ1n) is 9.79. The van der Waals surface area contributed by atoms with Crippen LogP contribution in [0.3, 0.4) is 0 Å². The number of carbonyl (C=O) groups excluding carboxylic acids is 1. The number of rotatable bonds is 4. The molecule has 6 nitrogen and oxygen atoms in total. The molecule has 0 spiro atoms. The van der Waals surface area contributed by atoms with E-state index in [9.17, 15) is 10.1 Å². The number of benzene rings is 2. The van der Waals surface area contributed by atoms with Crippen LogP contribution in [0, 0.1) is 18.3 Å². The molecule has 152 valence electrons. The first kappa shape index (κ1) is 20.1. The van der Waals surface area contributed by atoms with E-state index in [1.165, 1.54) is 0 Å². The highest BCUT2D eigenvalue weighted by Gasteiger charge is 2.31. The van der Waals surface area contributed by atoms with Crippen LogP contribution in [-0.2, 0) is 0 Å². The predicted octanol–water partition coefficient (Wildman–Crippen LogP) is 4.33. The average Bonchev–Trinajstić information content (AvgIpc) is 3.16. The van der Waals surface area contributed by atoms with E-state index in [1.807, 2.05) is 48.5 Å². The van der Waals surface area contributed by atoms with E-state index in [4.69, 9.17) is 16.1 Å². The van der Waals surface area contributed by atoms with Gasteiger partial charge in [-0.15, -0.1) is 0 Å². The second kappa shape index (κ2) is 8.70. The van der Waals surface area contributed by atoms with Gasteiger partial charge in [0, 0.05) is 31.7 Å².